The molecule has 1 amide bonds. The Bertz CT molecular complexity index is 1730. The van der Waals surface area contributed by atoms with Crippen LogP contribution in [0.25, 0.3) is 5.69 Å². The van der Waals surface area contributed by atoms with Gasteiger partial charge in [-0.05, 0) is 54.6 Å². The lowest BCUT2D eigenvalue weighted by Gasteiger charge is -2.32. The first kappa shape index (κ1) is 27.7. The van der Waals surface area contributed by atoms with E-state index in [-0.39, 0.29) is 23.4 Å². The lowest BCUT2D eigenvalue weighted by molar-refractivity contribution is -0.133. The monoisotopic (exact) mass is 604 g/mol. The largest absolute Gasteiger partial charge is 0.497 e. The highest BCUT2D eigenvalue weighted by Crippen LogP contribution is 2.34. The van der Waals surface area contributed by atoms with Gasteiger partial charge in [-0.1, -0.05) is 29.3 Å². The number of halogens is 2. The minimum atomic E-state index is -4.31. The fourth-order valence-corrected chi connectivity index (χ4v) is 6.58. The molecule has 0 bridgehead atoms. The Labute approximate surface area is 238 Å². The van der Waals surface area contributed by atoms with Gasteiger partial charge in [0.15, 0.2) is 0 Å². The number of hydroxylamine groups is 1. The van der Waals surface area contributed by atoms with Crippen molar-refractivity contribution >= 4 is 39.1 Å². The molecule has 0 saturated heterocycles. The van der Waals surface area contributed by atoms with Gasteiger partial charge in [0.2, 0.25) is 10.0 Å². The molecule has 0 fully saturated rings. The number of carbonyl (C=O) groups is 1. The predicted molar refractivity (Wildman–Crippen MR) is 146 cm³/mol. The molecular formula is C26H22Cl2N4O7S. The van der Waals surface area contributed by atoms with Crippen LogP contribution in [0.4, 0.5) is 0 Å². The number of rotatable bonds is 7. The number of methoxy groups -OCH3 is 1. The van der Waals surface area contributed by atoms with Gasteiger partial charge in [0.1, 0.15) is 23.3 Å². The Kier molecular flexibility index (Phi) is 7.62. The maximum atomic E-state index is 13.7. The standard InChI is InChI=1S/C26H22Cl2N4O7S/c1-38-19-4-2-3-17(14-19)32-26(34)23-22(29-32)9-10-31(24(23)25(33)30-35)40(36,37)21-7-5-18(6-8-21)39-20-12-15(27)11-16(28)13-20/h2-8,11-14,24,29,35H,9-10H2,1H3,(H,30,33). The fraction of sp³-hybridized carbons (Fsp3) is 0.154. The van der Waals surface area contributed by atoms with Gasteiger partial charge in [-0.25, -0.2) is 18.6 Å². The third-order valence-corrected chi connectivity index (χ3v) is 8.64. The van der Waals surface area contributed by atoms with Crippen LogP contribution < -0.4 is 20.5 Å². The molecule has 14 heteroatoms. The molecule has 1 atom stereocenters. The Morgan fingerprint density at radius 2 is 1.73 bits per heavy atom. The van der Waals surface area contributed by atoms with E-state index in [0.29, 0.717) is 38.7 Å². The van der Waals surface area contributed by atoms with Crippen molar-refractivity contribution in [3.8, 4) is 22.9 Å². The van der Waals surface area contributed by atoms with E-state index in [2.05, 4.69) is 5.10 Å². The topological polar surface area (TPSA) is 143 Å². The zero-order valence-corrected chi connectivity index (χ0v) is 23.1. The van der Waals surface area contributed by atoms with Crippen LogP contribution in [0.1, 0.15) is 17.3 Å². The Morgan fingerprint density at radius 3 is 2.38 bits per heavy atom. The number of ether oxygens (including phenoxy) is 2. The van der Waals surface area contributed by atoms with Crippen LogP contribution in [0.5, 0.6) is 17.2 Å². The molecule has 2 heterocycles. The molecule has 0 spiro atoms. The first-order valence-electron chi connectivity index (χ1n) is 11.8. The summed E-state index contributed by atoms with van der Waals surface area (Å²) in [5.74, 6) is 0.0960. The third kappa shape index (κ3) is 5.19. The maximum Gasteiger partial charge on any atom is 0.276 e. The number of fused-ring (bicyclic) bond motifs is 1. The van der Waals surface area contributed by atoms with E-state index in [4.69, 9.17) is 32.7 Å². The van der Waals surface area contributed by atoms with Crippen LogP contribution in [-0.4, -0.2) is 47.3 Å². The Hall–Kier alpha value is -3.81. The van der Waals surface area contributed by atoms with E-state index in [9.17, 15) is 23.2 Å². The van der Waals surface area contributed by atoms with Crippen LogP contribution in [0.15, 0.2) is 76.4 Å². The average Bonchev–Trinajstić information content (AvgIpc) is 3.28. The third-order valence-electron chi connectivity index (χ3n) is 6.32. The van der Waals surface area contributed by atoms with Crippen molar-refractivity contribution in [2.45, 2.75) is 17.4 Å². The van der Waals surface area contributed by atoms with E-state index < -0.39 is 27.5 Å². The Morgan fingerprint density at radius 1 is 1.02 bits per heavy atom. The van der Waals surface area contributed by atoms with Crippen molar-refractivity contribution in [1.29, 1.82) is 0 Å². The number of benzene rings is 3. The lowest BCUT2D eigenvalue weighted by Crippen LogP contribution is -2.48. The molecule has 1 unspecified atom stereocenters. The van der Waals surface area contributed by atoms with Crippen molar-refractivity contribution in [2.75, 3.05) is 13.7 Å². The van der Waals surface area contributed by atoms with Crippen LogP contribution in [0.3, 0.4) is 0 Å². The van der Waals surface area contributed by atoms with Crippen molar-refractivity contribution in [2.24, 2.45) is 0 Å². The van der Waals surface area contributed by atoms with Crippen LogP contribution in [-0.2, 0) is 21.2 Å². The van der Waals surface area contributed by atoms with Crippen LogP contribution in [0, 0.1) is 0 Å². The minimum absolute atomic E-state index is 0.0954. The number of aromatic amines is 1. The highest BCUT2D eigenvalue weighted by atomic mass is 35.5. The molecule has 0 saturated carbocycles. The molecule has 0 aliphatic carbocycles. The molecule has 5 rings (SSSR count). The SMILES string of the molecule is COc1cccc(-n2[nH]c3c(c2=O)C(C(=O)NO)N(S(=O)(=O)c2ccc(Oc4cc(Cl)cc(Cl)c4)cc2)CC3)c1. The number of sulfonamides is 1. The van der Waals surface area contributed by atoms with Gasteiger partial charge >= 0.3 is 0 Å². The van der Waals surface area contributed by atoms with Gasteiger partial charge in [0, 0.05) is 34.8 Å². The zero-order valence-electron chi connectivity index (χ0n) is 20.8. The van der Waals surface area contributed by atoms with E-state index >= 15 is 0 Å². The van der Waals surface area contributed by atoms with E-state index in [0.717, 1.165) is 4.31 Å². The summed E-state index contributed by atoms with van der Waals surface area (Å²) in [6.45, 7) is -0.134. The molecule has 1 aliphatic rings. The maximum absolute atomic E-state index is 13.7. The quantitative estimate of drug-likeness (QED) is 0.213. The molecule has 1 aromatic heterocycles. The number of amides is 1. The number of nitrogens with zero attached hydrogens (tertiary/aromatic N) is 2. The summed E-state index contributed by atoms with van der Waals surface area (Å²) >= 11 is 12.0. The summed E-state index contributed by atoms with van der Waals surface area (Å²) in [6, 6.07) is 15.2. The normalized spacial score (nSPS) is 15.3. The number of nitrogens with one attached hydrogen (secondary N) is 2. The smallest absolute Gasteiger partial charge is 0.276 e. The summed E-state index contributed by atoms with van der Waals surface area (Å²) in [7, 11) is -2.83. The predicted octanol–water partition coefficient (Wildman–Crippen LogP) is 4.07. The van der Waals surface area contributed by atoms with Gasteiger partial charge < -0.3 is 9.47 Å². The van der Waals surface area contributed by atoms with Crippen molar-refractivity contribution in [3.63, 3.8) is 0 Å². The summed E-state index contributed by atoms with van der Waals surface area (Å²) in [5, 5.41) is 13.2. The van der Waals surface area contributed by atoms with Gasteiger partial charge in [-0.15, -0.1) is 0 Å². The second kappa shape index (κ2) is 11.0. The molecule has 3 N–H and O–H groups in total. The first-order valence-corrected chi connectivity index (χ1v) is 14.0. The Balaban J connectivity index is 1.49. The minimum Gasteiger partial charge on any atom is -0.497 e. The highest BCUT2D eigenvalue weighted by molar-refractivity contribution is 7.89. The summed E-state index contributed by atoms with van der Waals surface area (Å²) in [6.07, 6.45) is 0.118. The highest BCUT2D eigenvalue weighted by Gasteiger charge is 2.44. The molecule has 0 radical (unpaired) electrons. The van der Waals surface area contributed by atoms with Gasteiger partial charge in [0.25, 0.3) is 11.5 Å². The lowest BCUT2D eigenvalue weighted by atomic mass is 10.0. The number of hydrogen-bond donors (Lipinski definition) is 3. The van der Waals surface area contributed by atoms with Gasteiger partial charge in [-0.2, -0.15) is 4.31 Å². The van der Waals surface area contributed by atoms with E-state index in [1.165, 1.54) is 41.5 Å². The zero-order chi connectivity index (χ0) is 28.6. The van der Waals surface area contributed by atoms with E-state index in [1.807, 2.05) is 0 Å². The molecule has 1 aliphatic heterocycles. The second-order valence-electron chi connectivity index (χ2n) is 8.77. The second-order valence-corrected chi connectivity index (χ2v) is 11.5. The molecule has 11 nitrogen and oxygen atoms in total. The summed E-state index contributed by atoms with van der Waals surface area (Å²) < 4.78 is 40.5. The average molecular weight is 605 g/mol. The molecular weight excluding hydrogens is 583 g/mol. The van der Waals surface area contributed by atoms with Crippen molar-refractivity contribution in [1.82, 2.24) is 19.6 Å². The molecule has 3 aromatic carbocycles. The van der Waals surface area contributed by atoms with Gasteiger partial charge in [-0.3, -0.25) is 19.9 Å². The van der Waals surface area contributed by atoms with Crippen LogP contribution in [0.2, 0.25) is 10.0 Å². The first-order chi connectivity index (χ1) is 19.1. The summed E-state index contributed by atoms with van der Waals surface area (Å²) in [4.78, 5) is 26.2. The van der Waals surface area contributed by atoms with Crippen molar-refractivity contribution < 1.29 is 27.9 Å². The number of carbonyl (C=O) groups excluding carboxylic acids is 1. The summed E-state index contributed by atoms with van der Waals surface area (Å²) in [5.41, 5.74) is 1.56. The number of H-pyrrole nitrogens is 1. The number of hydrogen-bond acceptors (Lipinski definition) is 7. The molecule has 4 aromatic rings. The van der Waals surface area contributed by atoms with Crippen LogP contribution >= 0.6 is 23.2 Å². The molecule has 208 valence electrons. The molecule has 40 heavy (non-hydrogen) atoms. The van der Waals surface area contributed by atoms with Crippen molar-refractivity contribution in [3.05, 3.63) is 98.4 Å². The fourth-order valence-electron chi connectivity index (χ4n) is 4.52. The number of aromatic nitrogens is 2. The van der Waals surface area contributed by atoms with Gasteiger partial charge in [0.05, 0.1) is 23.3 Å². The van der Waals surface area contributed by atoms with E-state index in [1.54, 1.807) is 42.5 Å².